The van der Waals surface area contributed by atoms with Crippen LogP contribution in [-0.2, 0) is 16.1 Å². The van der Waals surface area contributed by atoms with Gasteiger partial charge in [-0.2, -0.15) is 0 Å². The van der Waals surface area contributed by atoms with Gasteiger partial charge in [-0.3, -0.25) is 14.2 Å². The van der Waals surface area contributed by atoms with Crippen LogP contribution in [0.1, 0.15) is 16.0 Å². The third-order valence-corrected chi connectivity index (χ3v) is 6.60. The first-order valence-corrected chi connectivity index (χ1v) is 10.7. The monoisotopic (exact) mass is 417 g/mol. The normalized spacial score (nSPS) is 11.1. The van der Waals surface area contributed by atoms with E-state index in [1.54, 1.807) is 11.7 Å². The second-order valence-corrected chi connectivity index (χ2v) is 8.60. The lowest BCUT2D eigenvalue weighted by molar-refractivity contribution is -0.113. The molecule has 8 heteroatoms. The predicted octanol–water partition coefficient (Wildman–Crippen LogP) is 3.76. The Balaban J connectivity index is 1.86. The second kappa shape index (κ2) is 8.89. The molecule has 1 N–H and O–H groups in total. The van der Waals surface area contributed by atoms with Gasteiger partial charge >= 0.3 is 0 Å². The van der Waals surface area contributed by atoms with Crippen LogP contribution in [0.5, 0.6) is 0 Å². The first-order valence-electron chi connectivity index (χ1n) is 8.90. The summed E-state index contributed by atoms with van der Waals surface area (Å²) in [6.45, 7) is 6.68. The molecule has 0 aliphatic heterocycles. The molecule has 2 aromatic heterocycles. The summed E-state index contributed by atoms with van der Waals surface area (Å²) in [6.07, 6.45) is 0. The van der Waals surface area contributed by atoms with Crippen LogP contribution < -0.4 is 10.9 Å². The zero-order valence-corrected chi connectivity index (χ0v) is 18.0. The molecule has 1 aromatic carbocycles. The summed E-state index contributed by atoms with van der Waals surface area (Å²) >= 11 is 2.77. The van der Waals surface area contributed by atoms with Crippen molar-refractivity contribution in [3.05, 3.63) is 50.6 Å². The van der Waals surface area contributed by atoms with Crippen molar-refractivity contribution >= 4 is 44.9 Å². The van der Waals surface area contributed by atoms with Gasteiger partial charge in [-0.1, -0.05) is 30.0 Å². The number of hydrogen-bond donors (Lipinski definition) is 1. The Bertz CT molecular complexity index is 1070. The number of aromatic nitrogens is 2. The minimum absolute atomic E-state index is 0.0780. The van der Waals surface area contributed by atoms with Gasteiger partial charge < -0.3 is 10.1 Å². The van der Waals surface area contributed by atoms with Gasteiger partial charge in [0, 0.05) is 17.7 Å². The highest BCUT2D eigenvalue weighted by Crippen LogP contribution is 2.28. The van der Waals surface area contributed by atoms with Crippen molar-refractivity contribution in [3.63, 3.8) is 0 Å². The van der Waals surface area contributed by atoms with Crippen LogP contribution in [-0.4, -0.2) is 34.9 Å². The van der Waals surface area contributed by atoms with Gasteiger partial charge in [0.2, 0.25) is 5.91 Å². The summed E-state index contributed by atoms with van der Waals surface area (Å²) in [5.74, 6) is 0.0354. The highest BCUT2D eigenvalue weighted by Gasteiger charge is 2.17. The third kappa shape index (κ3) is 4.29. The molecule has 3 rings (SSSR count). The average Bonchev–Trinajstić information content (AvgIpc) is 2.95. The number of hydrogen-bond acceptors (Lipinski definition) is 6. The van der Waals surface area contributed by atoms with Gasteiger partial charge in [-0.15, -0.1) is 11.3 Å². The number of para-hydroxylation sites is 1. The Kier molecular flexibility index (Phi) is 6.53. The number of methoxy groups -OCH3 is 1. The van der Waals surface area contributed by atoms with Gasteiger partial charge in [0.15, 0.2) is 5.16 Å². The van der Waals surface area contributed by atoms with Crippen LogP contribution in [0.25, 0.3) is 10.2 Å². The number of rotatable bonds is 7. The van der Waals surface area contributed by atoms with Crippen LogP contribution in [0, 0.1) is 20.8 Å². The number of benzene rings is 1. The summed E-state index contributed by atoms with van der Waals surface area (Å²) in [4.78, 5) is 31.9. The fourth-order valence-corrected chi connectivity index (χ4v) is 4.72. The smallest absolute Gasteiger partial charge is 0.263 e. The van der Waals surface area contributed by atoms with Crippen LogP contribution in [0.2, 0.25) is 0 Å². The van der Waals surface area contributed by atoms with Crippen molar-refractivity contribution in [3.8, 4) is 0 Å². The quantitative estimate of drug-likeness (QED) is 0.468. The van der Waals surface area contributed by atoms with E-state index in [9.17, 15) is 9.59 Å². The Hall–Kier alpha value is -2.16. The second-order valence-electron chi connectivity index (χ2n) is 6.46. The molecule has 0 unspecified atom stereocenters. The minimum Gasteiger partial charge on any atom is -0.383 e. The zero-order valence-electron chi connectivity index (χ0n) is 16.4. The number of thiophene rings is 1. The number of nitrogens with zero attached hydrogens (tertiary/aromatic N) is 2. The lowest BCUT2D eigenvalue weighted by Gasteiger charge is -2.12. The Morgan fingerprint density at radius 2 is 2.04 bits per heavy atom. The lowest BCUT2D eigenvalue weighted by Crippen LogP contribution is -2.26. The van der Waals surface area contributed by atoms with Gasteiger partial charge in [-0.05, 0) is 38.0 Å². The Morgan fingerprint density at radius 3 is 2.75 bits per heavy atom. The predicted molar refractivity (Wildman–Crippen MR) is 116 cm³/mol. The zero-order chi connectivity index (χ0) is 20.3. The molecule has 6 nitrogen and oxygen atoms in total. The van der Waals surface area contributed by atoms with Crippen molar-refractivity contribution in [2.24, 2.45) is 0 Å². The molecule has 28 heavy (non-hydrogen) atoms. The van der Waals surface area contributed by atoms with Crippen molar-refractivity contribution in [1.82, 2.24) is 9.55 Å². The summed E-state index contributed by atoms with van der Waals surface area (Å²) in [5.41, 5.74) is 2.68. The molecule has 0 fully saturated rings. The maximum atomic E-state index is 13.0. The number of carbonyl (C=O) groups excluding carboxylic acids is 1. The van der Waals surface area contributed by atoms with E-state index >= 15 is 0 Å². The fraction of sp³-hybridized carbons (Fsp3) is 0.350. The number of thioether (sulfide) groups is 1. The van der Waals surface area contributed by atoms with E-state index in [-0.39, 0.29) is 17.2 Å². The standard InChI is InChI=1S/C20H23N3O3S2/c1-12-7-5-6-8-15(12)21-16(24)11-27-20-22-18-17(13(2)14(3)28-18)19(25)23(20)9-10-26-4/h5-8H,9-11H2,1-4H3,(H,21,24). The van der Waals surface area contributed by atoms with E-state index in [1.165, 1.54) is 23.1 Å². The number of amides is 1. The van der Waals surface area contributed by atoms with Gasteiger partial charge in [0.1, 0.15) is 4.83 Å². The number of anilines is 1. The molecule has 0 saturated carbocycles. The molecule has 0 bridgehead atoms. The maximum absolute atomic E-state index is 13.0. The molecule has 0 atom stereocenters. The van der Waals surface area contributed by atoms with Crippen LogP contribution in [0.4, 0.5) is 5.69 Å². The summed E-state index contributed by atoms with van der Waals surface area (Å²) in [7, 11) is 1.60. The van der Waals surface area contributed by atoms with E-state index in [1.807, 2.05) is 45.0 Å². The average molecular weight is 418 g/mol. The molecule has 148 valence electrons. The fourth-order valence-electron chi connectivity index (χ4n) is 2.83. The number of ether oxygens (including phenoxy) is 1. The Labute approximate surface area is 171 Å². The molecular formula is C20H23N3O3S2. The SMILES string of the molecule is COCCn1c(SCC(=O)Nc2ccccc2C)nc2sc(C)c(C)c2c1=O. The van der Waals surface area contributed by atoms with Crippen LogP contribution >= 0.6 is 23.1 Å². The van der Waals surface area contributed by atoms with Crippen molar-refractivity contribution in [2.45, 2.75) is 32.5 Å². The summed E-state index contributed by atoms with van der Waals surface area (Å²) in [5, 5.41) is 4.11. The van der Waals surface area contributed by atoms with Crippen LogP contribution in [0.15, 0.2) is 34.2 Å². The van der Waals surface area contributed by atoms with Crippen molar-refractivity contribution < 1.29 is 9.53 Å². The highest BCUT2D eigenvalue weighted by atomic mass is 32.2. The summed E-state index contributed by atoms with van der Waals surface area (Å²) in [6, 6.07) is 7.63. The number of nitrogens with one attached hydrogen (secondary N) is 1. The number of aryl methyl sites for hydroxylation is 3. The van der Waals surface area contributed by atoms with E-state index < -0.39 is 0 Å². The molecule has 0 spiro atoms. The highest BCUT2D eigenvalue weighted by molar-refractivity contribution is 7.99. The van der Waals surface area contributed by atoms with Gasteiger partial charge in [0.05, 0.1) is 24.3 Å². The molecule has 3 aromatic rings. The minimum atomic E-state index is -0.134. The largest absolute Gasteiger partial charge is 0.383 e. The van der Waals surface area contributed by atoms with Crippen LogP contribution in [0.3, 0.4) is 0 Å². The maximum Gasteiger partial charge on any atom is 0.263 e. The number of fused-ring (bicyclic) bond motifs is 1. The first-order chi connectivity index (χ1) is 13.4. The van der Waals surface area contributed by atoms with E-state index in [0.29, 0.717) is 23.7 Å². The van der Waals surface area contributed by atoms with Gasteiger partial charge in [0.25, 0.3) is 5.56 Å². The molecule has 0 saturated heterocycles. The lowest BCUT2D eigenvalue weighted by atomic mass is 10.2. The topological polar surface area (TPSA) is 73.2 Å². The molecular weight excluding hydrogens is 394 g/mol. The summed E-state index contributed by atoms with van der Waals surface area (Å²) < 4.78 is 6.76. The van der Waals surface area contributed by atoms with E-state index in [4.69, 9.17) is 4.74 Å². The van der Waals surface area contributed by atoms with Crippen molar-refractivity contribution in [1.29, 1.82) is 0 Å². The number of carbonyl (C=O) groups is 1. The molecule has 0 aliphatic rings. The van der Waals surface area contributed by atoms with Crippen molar-refractivity contribution in [2.75, 3.05) is 24.8 Å². The van der Waals surface area contributed by atoms with E-state index in [0.717, 1.165) is 26.5 Å². The van der Waals surface area contributed by atoms with Gasteiger partial charge in [-0.25, -0.2) is 4.98 Å². The molecule has 0 aliphatic carbocycles. The molecule has 0 radical (unpaired) electrons. The molecule has 2 heterocycles. The van der Waals surface area contributed by atoms with E-state index in [2.05, 4.69) is 10.3 Å². The Morgan fingerprint density at radius 1 is 1.29 bits per heavy atom. The third-order valence-electron chi connectivity index (χ3n) is 4.52. The molecule has 1 amide bonds. The first kappa shape index (κ1) is 20.6.